The quantitative estimate of drug-likeness (QED) is 0.506. The Hall–Kier alpha value is -1.84. The number of carbonyl (C=O) groups excluding carboxylic acids is 1. The molecule has 2 aromatic rings. The molecular weight excluding hydrogens is 248 g/mol. The molecule has 0 unspecified atom stereocenters. The SMILES string of the molecule is Cc1ccc(C(=O)c2cc(Cl)ccc2NN)cc1. The number of rotatable bonds is 3. The lowest BCUT2D eigenvalue weighted by molar-refractivity contribution is 0.103. The van der Waals surface area contributed by atoms with Crippen LogP contribution in [0, 0.1) is 6.92 Å². The van der Waals surface area contributed by atoms with Crippen LogP contribution < -0.4 is 11.3 Å². The van der Waals surface area contributed by atoms with Crippen molar-refractivity contribution in [3.63, 3.8) is 0 Å². The Kier molecular flexibility index (Phi) is 3.65. The van der Waals surface area contributed by atoms with E-state index in [-0.39, 0.29) is 5.78 Å². The summed E-state index contributed by atoms with van der Waals surface area (Å²) in [6.45, 7) is 1.97. The molecule has 0 aliphatic heterocycles. The second-order valence-electron chi connectivity index (χ2n) is 4.03. The van der Waals surface area contributed by atoms with Gasteiger partial charge in [-0.25, -0.2) is 0 Å². The highest BCUT2D eigenvalue weighted by Gasteiger charge is 2.13. The van der Waals surface area contributed by atoms with E-state index in [0.29, 0.717) is 21.8 Å². The zero-order chi connectivity index (χ0) is 13.1. The Morgan fingerprint density at radius 3 is 2.44 bits per heavy atom. The zero-order valence-corrected chi connectivity index (χ0v) is 10.7. The molecule has 2 aromatic carbocycles. The van der Waals surface area contributed by atoms with Gasteiger partial charge in [0, 0.05) is 16.1 Å². The van der Waals surface area contributed by atoms with Crippen molar-refractivity contribution in [2.24, 2.45) is 5.84 Å². The Morgan fingerprint density at radius 1 is 1.17 bits per heavy atom. The lowest BCUT2D eigenvalue weighted by Crippen LogP contribution is -2.12. The molecule has 0 aromatic heterocycles. The average molecular weight is 261 g/mol. The number of benzene rings is 2. The van der Waals surface area contributed by atoms with Crippen LogP contribution in [0.15, 0.2) is 42.5 Å². The van der Waals surface area contributed by atoms with E-state index in [1.54, 1.807) is 30.3 Å². The summed E-state index contributed by atoms with van der Waals surface area (Å²) in [7, 11) is 0. The summed E-state index contributed by atoms with van der Waals surface area (Å²) in [4.78, 5) is 12.3. The molecule has 0 atom stereocenters. The maximum absolute atomic E-state index is 12.3. The van der Waals surface area contributed by atoms with Crippen molar-refractivity contribution in [3.8, 4) is 0 Å². The number of halogens is 1. The van der Waals surface area contributed by atoms with Crippen LogP contribution in [0.4, 0.5) is 5.69 Å². The van der Waals surface area contributed by atoms with Gasteiger partial charge in [0.1, 0.15) is 0 Å². The Labute approximate surface area is 111 Å². The van der Waals surface area contributed by atoms with Gasteiger partial charge in [0.25, 0.3) is 0 Å². The highest BCUT2D eigenvalue weighted by atomic mass is 35.5. The maximum atomic E-state index is 12.3. The number of nitrogens with two attached hydrogens (primary N) is 1. The molecule has 0 saturated heterocycles. The van der Waals surface area contributed by atoms with Gasteiger partial charge in [0.05, 0.1) is 5.69 Å². The van der Waals surface area contributed by atoms with Crippen molar-refractivity contribution >= 4 is 23.1 Å². The molecule has 0 saturated carbocycles. The fraction of sp³-hybridized carbons (Fsp3) is 0.0714. The number of hydrazine groups is 1. The number of nitrogen functional groups attached to an aromatic ring is 1. The van der Waals surface area contributed by atoms with E-state index < -0.39 is 0 Å². The molecule has 3 N–H and O–H groups in total. The lowest BCUT2D eigenvalue weighted by atomic mass is 10.0. The van der Waals surface area contributed by atoms with E-state index in [1.165, 1.54) is 0 Å². The van der Waals surface area contributed by atoms with Crippen LogP contribution in [0.2, 0.25) is 5.02 Å². The number of carbonyl (C=O) groups is 1. The lowest BCUT2D eigenvalue weighted by Gasteiger charge is -2.08. The fourth-order valence-corrected chi connectivity index (χ4v) is 1.86. The summed E-state index contributed by atoms with van der Waals surface area (Å²) < 4.78 is 0. The van der Waals surface area contributed by atoms with Crippen LogP contribution in [-0.4, -0.2) is 5.78 Å². The molecular formula is C14H13ClN2O. The number of aryl methyl sites for hydroxylation is 1. The highest BCUT2D eigenvalue weighted by Crippen LogP contribution is 2.23. The summed E-state index contributed by atoms with van der Waals surface area (Å²) in [5, 5.41) is 0.504. The monoisotopic (exact) mass is 260 g/mol. The first kappa shape index (κ1) is 12.6. The number of hydrogen-bond donors (Lipinski definition) is 2. The number of nitrogens with one attached hydrogen (secondary N) is 1. The van der Waals surface area contributed by atoms with E-state index in [4.69, 9.17) is 17.4 Å². The van der Waals surface area contributed by atoms with E-state index in [2.05, 4.69) is 5.43 Å². The van der Waals surface area contributed by atoms with E-state index in [0.717, 1.165) is 5.56 Å². The average Bonchev–Trinajstić information content (AvgIpc) is 2.39. The molecule has 92 valence electrons. The third-order valence-corrected chi connectivity index (χ3v) is 2.93. The van der Waals surface area contributed by atoms with Crippen molar-refractivity contribution in [2.75, 3.05) is 5.43 Å². The second-order valence-corrected chi connectivity index (χ2v) is 4.47. The van der Waals surface area contributed by atoms with Gasteiger partial charge in [-0.1, -0.05) is 41.4 Å². The van der Waals surface area contributed by atoms with E-state index in [1.807, 2.05) is 19.1 Å². The normalized spacial score (nSPS) is 10.2. The molecule has 0 spiro atoms. The van der Waals surface area contributed by atoms with E-state index >= 15 is 0 Å². The van der Waals surface area contributed by atoms with Crippen molar-refractivity contribution in [3.05, 3.63) is 64.2 Å². The third kappa shape index (κ3) is 2.53. The fourth-order valence-electron chi connectivity index (χ4n) is 1.69. The maximum Gasteiger partial charge on any atom is 0.195 e. The first-order valence-corrected chi connectivity index (χ1v) is 5.87. The van der Waals surface area contributed by atoms with Crippen LogP contribution in [0.1, 0.15) is 21.5 Å². The number of hydrogen-bond acceptors (Lipinski definition) is 3. The second kappa shape index (κ2) is 5.21. The summed E-state index contributed by atoms with van der Waals surface area (Å²) in [5.41, 5.74) is 5.25. The number of ketones is 1. The van der Waals surface area contributed by atoms with Gasteiger partial charge in [0.15, 0.2) is 5.78 Å². The van der Waals surface area contributed by atoms with Crippen molar-refractivity contribution < 1.29 is 4.79 Å². The standard InChI is InChI=1S/C14H13ClN2O/c1-9-2-4-10(5-3-9)14(18)12-8-11(15)6-7-13(12)17-16/h2-8,17H,16H2,1H3. The van der Waals surface area contributed by atoms with Gasteiger partial charge >= 0.3 is 0 Å². The van der Waals surface area contributed by atoms with Gasteiger partial charge in [-0.2, -0.15) is 0 Å². The summed E-state index contributed by atoms with van der Waals surface area (Å²) in [6.07, 6.45) is 0. The third-order valence-electron chi connectivity index (χ3n) is 2.70. The predicted octanol–water partition coefficient (Wildman–Crippen LogP) is 3.17. The molecule has 2 rings (SSSR count). The topological polar surface area (TPSA) is 55.1 Å². The minimum atomic E-state index is -0.106. The van der Waals surface area contributed by atoms with Gasteiger partial charge in [0.2, 0.25) is 0 Å². The summed E-state index contributed by atoms with van der Waals surface area (Å²) >= 11 is 5.91. The molecule has 3 nitrogen and oxygen atoms in total. The minimum absolute atomic E-state index is 0.106. The first-order valence-electron chi connectivity index (χ1n) is 5.49. The van der Waals surface area contributed by atoms with Crippen molar-refractivity contribution in [1.29, 1.82) is 0 Å². The van der Waals surface area contributed by atoms with Crippen LogP contribution in [0.25, 0.3) is 0 Å². The summed E-state index contributed by atoms with van der Waals surface area (Å²) in [5.74, 6) is 5.29. The van der Waals surface area contributed by atoms with E-state index in [9.17, 15) is 4.79 Å². The largest absolute Gasteiger partial charge is 0.323 e. The summed E-state index contributed by atoms with van der Waals surface area (Å²) in [6, 6.07) is 12.4. The molecule has 0 bridgehead atoms. The van der Waals surface area contributed by atoms with Gasteiger partial charge in [-0.15, -0.1) is 0 Å². The molecule has 0 amide bonds. The van der Waals surface area contributed by atoms with Gasteiger partial charge < -0.3 is 5.43 Å². The molecule has 0 aliphatic carbocycles. The molecule has 0 aliphatic rings. The molecule has 0 radical (unpaired) electrons. The molecule has 4 heteroatoms. The predicted molar refractivity (Wildman–Crippen MR) is 73.9 cm³/mol. The Balaban J connectivity index is 2.45. The zero-order valence-electron chi connectivity index (χ0n) is 9.91. The first-order chi connectivity index (χ1) is 8.61. The highest BCUT2D eigenvalue weighted by molar-refractivity contribution is 6.31. The van der Waals surface area contributed by atoms with Crippen molar-refractivity contribution in [2.45, 2.75) is 6.92 Å². The minimum Gasteiger partial charge on any atom is -0.323 e. The molecule has 0 heterocycles. The van der Waals surface area contributed by atoms with Crippen LogP contribution in [0.3, 0.4) is 0 Å². The van der Waals surface area contributed by atoms with Crippen LogP contribution >= 0.6 is 11.6 Å². The number of anilines is 1. The Morgan fingerprint density at radius 2 is 1.83 bits per heavy atom. The molecule has 0 fully saturated rings. The molecule has 18 heavy (non-hydrogen) atoms. The van der Waals surface area contributed by atoms with Gasteiger partial charge in [-0.3, -0.25) is 10.6 Å². The van der Waals surface area contributed by atoms with Crippen molar-refractivity contribution in [1.82, 2.24) is 0 Å². The van der Waals surface area contributed by atoms with Crippen LogP contribution in [0.5, 0.6) is 0 Å². The van der Waals surface area contributed by atoms with Crippen LogP contribution in [-0.2, 0) is 0 Å². The Bertz CT molecular complexity index is 579. The van der Waals surface area contributed by atoms with Gasteiger partial charge in [-0.05, 0) is 25.1 Å². The smallest absolute Gasteiger partial charge is 0.195 e.